The van der Waals surface area contributed by atoms with E-state index in [-0.39, 0.29) is 0 Å². The average molecular weight is 169 g/mol. The molecule has 2 nitrogen and oxygen atoms in total. The molecule has 70 valence electrons. The number of nitrogens with one attached hydrogen (secondary N) is 1. The summed E-state index contributed by atoms with van der Waals surface area (Å²) in [6.07, 6.45) is 6.43. The van der Waals surface area contributed by atoms with Gasteiger partial charge >= 0.3 is 0 Å². The fourth-order valence-electron chi connectivity index (χ4n) is 2.41. The zero-order chi connectivity index (χ0) is 8.44. The van der Waals surface area contributed by atoms with Crippen LogP contribution in [0.2, 0.25) is 0 Å². The van der Waals surface area contributed by atoms with Crippen LogP contribution in [0.1, 0.15) is 39.0 Å². The maximum absolute atomic E-state index is 5.84. The van der Waals surface area contributed by atoms with Crippen LogP contribution in [-0.4, -0.2) is 24.8 Å². The van der Waals surface area contributed by atoms with Gasteiger partial charge in [0.1, 0.15) is 0 Å². The van der Waals surface area contributed by atoms with E-state index in [9.17, 15) is 0 Å². The Bertz CT molecular complexity index is 152. The Morgan fingerprint density at radius 3 is 2.92 bits per heavy atom. The molecule has 1 unspecified atom stereocenters. The van der Waals surface area contributed by atoms with Crippen molar-refractivity contribution >= 4 is 0 Å². The van der Waals surface area contributed by atoms with E-state index in [4.69, 9.17) is 4.74 Å². The molecule has 0 bridgehead atoms. The van der Waals surface area contributed by atoms with Gasteiger partial charge in [0.15, 0.2) is 0 Å². The van der Waals surface area contributed by atoms with Crippen LogP contribution in [0.15, 0.2) is 0 Å². The van der Waals surface area contributed by atoms with Gasteiger partial charge in [-0.1, -0.05) is 6.92 Å². The van der Waals surface area contributed by atoms with Crippen LogP contribution in [-0.2, 0) is 4.74 Å². The molecule has 0 aromatic heterocycles. The normalized spacial score (nSPS) is 33.2. The molecule has 1 N–H and O–H groups in total. The lowest BCUT2D eigenvalue weighted by molar-refractivity contribution is -0.135. The first kappa shape index (κ1) is 8.52. The van der Waals surface area contributed by atoms with Gasteiger partial charge in [0, 0.05) is 12.6 Å². The van der Waals surface area contributed by atoms with Crippen LogP contribution in [0.5, 0.6) is 0 Å². The van der Waals surface area contributed by atoms with Crippen molar-refractivity contribution in [3.63, 3.8) is 0 Å². The molecule has 0 aromatic rings. The second-order valence-electron chi connectivity index (χ2n) is 4.13. The first-order chi connectivity index (χ1) is 5.85. The second-order valence-corrected chi connectivity index (χ2v) is 4.13. The molecular weight excluding hydrogens is 150 g/mol. The molecule has 1 atom stereocenters. The minimum Gasteiger partial charge on any atom is -0.375 e. The predicted octanol–water partition coefficient (Wildman–Crippen LogP) is 1.70. The van der Waals surface area contributed by atoms with Gasteiger partial charge in [0.2, 0.25) is 0 Å². The number of ether oxygens (including phenoxy) is 1. The third kappa shape index (κ3) is 1.50. The zero-order valence-electron chi connectivity index (χ0n) is 7.94. The van der Waals surface area contributed by atoms with Crippen LogP contribution in [0.3, 0.4) is 0 Å². The van der Waals surface area contributed by atoms with E-state index in [2.05, 4.69) is 12.2 Å². The molecule has 2 rings (SSSR count). The summed E-state index contributed by atoms with van der Waals surface area (Å²) < 4.78 is 5.84. The van der Waals surface area contributed by atoms with E-state index in [0.29, 0.717) is 5.60 Å². The van der Waals surface area contributed by atoms with E-state index >= 15 is 0 Å². The van der Waals surface area contributed by atoms with E-state index in [1.165, 1.54) is 32.1 Å². The summed E-state index contributed by atoms with van der Waals surface area (Å²) in [4.78, 5) is 0. The highest BCUT2D eigenvalue weighted by Crippen LogP contribution is 2.42. The van der Waals surface area contributed by atoms with Crippen molar-refractivity contribution in [1.29, 1.82) is 0 Å². The highest BCUT2D eigenvalue weighted by Gasteiger charge is 2.42. The smallest absolute Gasteiger partial charge is 0.0697 e. The van der Waals surface area contributed by atoms with Crippen molar-refractivity contribution in [3.05, 3.63) is 0 Å². The molecule has 1 saturated carbocycles. The summed E-state index contributed by atoms with van der Waals surface area (Å²) in [6.45, 7) is 4.25. The third-order valence-corrected chi connectivity index (χ3v) is 3.25. The largest absolute Gasteiger partial charge is 0.375 e. The Hall–Kier alpha value is -0.0800. The molecular formula is C10H19NO. The summed E-state index contributed by atoms with van der Waals surface area (Å²) in [5.41, 5.74) is 0.311. The van der Waals surface area contributed by atoms with Gasteiger partial charge in [-0.05, 0) is 38.6 Å². The van der Waals surface area contributed by atoms with Gasteiger partial charge in [-0.25, -0.2) is 0 Å². The molecule has 2 fully saturated rings. The van der Waals surface area contributed by atoms with Gasteiger partial charge in [-0.3, -0.25) is 0 Å². The molecule has 1 aliphatic carbocycles. The lowest BCUT2D eigenvalue weighted by Gasteiger charge is -2.47. The molecule has 2 aliphatic rings. The minimum absolute atomic E-state index is 0.311. The monoisotopic (exact) mass is 169 g/mol. The highest BCUT2D eigenvalue weighted by molar-refractivity contribution is 4.95. The van der Waals surface area contributed by atoms with Crippen LogP contribution >= 0.6 is 0 Å². The lowest BCUT2D eigenvalue weighted by Crippen LogP contribution is -2.50. The maximum Gasteiger partial charge on any atom is 0.0697 e. The van der Waals surface area contributed by atoms with Gasteiger partial charge in [-0.15, -0.1) is 0 Å². The molecule has 2 heteroatoms. The molecule has 1 heterocycles. The van der Waals surface area contributed by atoms with E-state index in [1.54, 1.807) is 0 Å². The molecule has 1 spiro atoms. The highest BCUT2D eigenvalue weighted by atomic mass is 16.5. The second kappa shape index (κ2) is 3.35. The summed E-state index contributed by atoms with van der Waals surface area (Å²) >= 11 is 0. The first-order valence-electron chi connectivity index (χ1n) is 5.22. The average Bonchev–Trinajstić information content (AvgIpc) is 2.03. The summed E-state index contributed by atoms with van der Waals surface area (Å²) in [6, 6.07) is 0.726. The Kier molecular flexibility index (Phi) is 2.37. The van der Waals surface area contributed by atoms with Crippen LogP contribution < -0.4 is 5.32 Å². The number of hydrogen-bond donors (Lipinski definition) is 1. The number of hydrogen-bond acceptors (Lipinski definition) is 2. The maximum atomic E-state index is 5.84. The van der Waals surface area contributed by atoms with E-state index < -0.39 is 0 Å². The van der Waals surface area contributed by atoms with Crippen molar-refractivity contribution in [2.75, 3.05) is 13.2 Å². The molecule has 0 radical (unpaired) electrons. The molecule has 12 heavy (non-hydrogen) atoms. The van der Waals surface area contributed by atoms with Gasteiger partial charge in [0.25, 0.3) is 0 Å². The Morgan fingerprint density at radius 2 is 2.33 bits per heavy atom. The van der Waals surface area contributed by atoms with Crippen molar-refractivity contribution in [3.8, 4) is 0 Å². The number of rotatable bonds is 2. The van der Waals surface area contributed by atoms with E-state index in [1.807, 2.05) is 0 Å². The van der Waals surface area contributed by atoms with Gasteiger partial charge in [-0.2, -0.15) is 0 Å². The summed E-state index contributed by atoms with van der Waals surface area (Å²) in [7, 11) is 0. The van der Waals surface area contributed by atoms with Crippen LogP contribution in [0, 0.1) is 0 Å². The summed E-state index contributed by atoms with van der Waals surface area (Å²) in [5.74, 6) is 0. The van der Waals surface area contributed by atoms with Crippen molar-refractivity contribution in [2.45, 2.75) is 50.7 Å². The quantitative estimate of drug-likeness (QED) is 0.679. The fourth-order valence-corrected chi connectivity index (χ4v) is 2.41. The lowest BCUT2D eigenvalue weighted by atomic mass is 9.74. The molecule has 0 amide bonds. The molecule has 1 aliphatic heterocycles. The Morgan fingerprint density at radius 1 is 1.50 bits per heavy atom. The van der Waals surface area contributed by atoms with Gasteiger partial charge in [0.05, 0.1) is 5.60 Å². The standard InChI is InChI=1S/C10H19NO/c1-2-11-9-4-7-12-10(8-9)5-3-6-10/h9,11H,2-8H2,1H3. The SMILES string of the molecule is CCNC1CCOC2(CCC2)C1. The molecule has 0 aromatic carbocycles. The predicted molar refractivity (Wildman–Crippen MR) is 49.2 cm³/mol. The van der Waals surface area contributed by atoms with Gasteiger partial charge < -0.3 is 10.1 Å². The van der Waals surface area contributed by atoms with Crippen molar-refractivity contribution < 1.29 is 4.74 Å². The Balaban J connectivity index is 1.85. The summed E-state index contributed by atoms with van der Waals surface area (Å²) in [5, 5.41) is 3.53. The van der Waals surface area contributed by atoms with Crippen LogP contribution in [0.25, 0.3) is 0 Å². The zero-order valence-corrected chi connectivity index (χ0v) is 7.94. The van der Waals surface area contributed by atoms with Crippen LogP contribution in [0.4, 0.5) is 0 Å². The fraction of sp³-hybridized carbons (Fsp3) is 1.00. The molecule has 1 saturated heterocycles. The van der Waals surface area contributed by atoms with Crippen molar-refractivity contribution in [1.82, 2.24) is 5.32 Å². The van der Waals surface area contributed by atoms with Crippen molar-refractivity contribution in [2.24, 2.45) is 0 Å². The first-order valence-corrected chi connectivity index (χ1v) is 5.22. The van der Waals surface area contributed by atoms with E-state index in [0.717, 1.165) is 19.2 Å². The Labute approximate surface area is 74.7 Å². The minimum atomic E-state index is 0.311. The third-order valence-electron chi connectivity index (χ3n) is 3.25. The topological polar surface area (TPSA) is 21.3 Å².